The van der Waals surface area contributed by atoms with E-state index in [1.54, 1.807) is 16.2 Å². The first-order valence-corrected chi connectivity index (χ1v) is 13.5. The van der Waals surface area contributed by atoms with Gasteiger partial charge in [0.05, 0.1) is 5.52 Å². The van der Waals surface area contributed by atoms with Crippen LogP contribution in [0.1, 0.15) is 16.1 Å². The number of thiophene rings is 1. The third kappa shape index (κ3) is 7.17. The Morgan fingerprint density at radius 3 is 2.50 bits per heavy atom. The van der Waals surface area contributed by atoms with Gasteiger partial charge in [-0.25, -0.2) is 4.79 Å². The number of anilines is 2. The molecule has 0 aliphatic carbocycles. The molecule has 0 saturated carbocycles. The fourth-order valence-electron chi connectivity index (χ4n) is 4.94. The molecule has 3 heterocycles. The number of halogens is 2. The quantitative estimate of drug-likeness (QED) is 0.284. The molecule has 2 aromatic carbocycles. The van der Waals surface area contributed by atoms with E-state index in [2.05, 4.69) is 63.7 Å². The van der Waals surface area contributed by atoms with E-state index in [1.165, 1.54) is 21.5 Å². The fraction of sp³-hybridized carbons (Fsp3) is 0.310. The number of nitrogens with zero attached hydrogens (tertiary/aromatic N) is 4. The van der Waals surface area contributed by atoms with Gasteiger partial charge in [0, 0.05) is 66.6 Å². The van der Waals surface area contributed by atoms with Crippen LogP contribution >= 0.6 is 36.2 Å². The largest absolute Gasteiger partial charge is 0.368 e. The zero-order chi connectivity index (χ0) is 24.9. The van der Waals surface area contributed by atoms with Gasteiger partial charge >= 0.3 is 6.03 Å². The molecule has 2 amide bonds. The second-order valence-electron chi connectivity index (χ2n) is 9.36. The molecule has 0 atom stereocenters. The number of amides is 2. The summed E-state index contributed by atoms with van der Waals surface area (Å²) in [6, 6.07) is 22.7. The first kappa shape index (κ1) is 29.7. The van der Waals surface area contributed by atoms with Crippen molar-refractivity contribution in [2.24, 2.45) is 5.73 Å². The SMILES string of the molecule is Cc1ccc2c(N3CCN(CCc4cccc(N(CCc5cccs5)C(N)=O)c4)CC3)cccc2n1.Cl.Cl. The number of aromatic nitrogens is 1. The van der Waals surface area contributed by atoms with Gasteiger partial charge in [-0.3, -0.25) is 14.8 Å². The monoisotopic (exact) mass is 571 g/mol. The predicted octanol–water partition coefficient (Wildman–Crippen LogP) is 5.94. The van der Waals surface area contributed by atoms with Gasteiger partial charge in [0.2, 0.25) is 0 Å². The van der Waals surface area contributed by atoms with E-state index in [9.17, 15) is 4.79 Å². The molecule has 4 aromatic rings. The molecule has 38 heavy (non-hydrogen) atoms. The van der Waals surface area contributed by atoms with E-state index < -0.39 is 6.03 Å². The Labute approximate surface area is 241 Å². The summed E-state index contributed by atoms with van der Waals surface area (Å²) in [5, 5.41) is 3.29. The van der Waals surface area contributed by atoms with E-state index in [1.807, 2.05) is 25.1 Å². The number of piperazine rings is 1. The Kier molecular flexibility index (Phi) is 10.8. The summed E-state index contributed by atoms with van der Waals surface area (Å²) in [4.78, 5) is 24.8. The van der Waals surface area contributed by atoms with Gasteiger partial charge in [-0.05, 0) is 73.2 Å². The van der Waals surface area contributed by atoms with Crippen molar-refractivity contribution >= 4 is 64.5 Å². The summed E-state index contributed by atoms with van der Waals surface area (Å²) in [5.41, 5.74) is 11.2. The summed E-state index contributed by atoms with van der Waals surface area (Å²) in [6.07, 6.45) is 1.75. The number of fused-ring (bicyclic) bond motifs is 1. The summed E-state index contributed by atoms with van der Waals surface area (Å²) in [5.74, 6) is 0. The number of nitrogens with two attached hydrogens (primary N) is 1. The van der Waals surface area contributed by atoms with Crippen LogP contribution in [0.2, 0.25) is 0 Å². The maximum absolute atomic E-state index is 12.2. The lowest BCUT2D eigenvalue weighted by Gasteiger charge is -2.36. The maximum Gasteiger partial charge on any atom is 0.319 e. The Hall–Kier alpha value is -2.84. The second kappa shape index (κ2) is 13.8. The Morgan fingerprint density at radius 1 is 0.974 bits per heavy atom. The average Bonchev–Trinajstić information content (AvgIpc) is 3.41. The van der Waals surface area contributed by atoms with Crippen LogP contribution in [0.5, 0.6) is 0 Å². The zero-order valence-corrected chi connectivity index (χ0v) is 24.0. The normalized spacial score (nSPS) is 13.6. The van der Waals surface area contributed by atoms with Gasteiger partial charge in [-0.2, -0.15) is 0 Å². The summed E-state index contributed by atoms with van der Waals surface area (Å²) >= 11 is 1.71. The number of hydrogen-bond acceptors (Lipinski definition) is 5. The van der Waals surface area contributed by atoms with Gasteiger partial charge in [0.1, 0.15) is 0 Å². The van der Waals surface area contributed by atoms with Crippen LogP contribution in [0, 0.1) is 6.92 Å². The van der Waals surface area contributed by atoms with E-state index in [4.69, 9.17) is 10.7 Å². The minimum absolute atomic E-state index is 0. The number of primary amides is 1. The molecule has 1 aliphatic heterocycles. The van der Waals surface area contributed by atoms with Crippen molar-refractivity contribution in [1.82, 2.24) is 9.88 Å². The van der Waals surface area contributed by atoms with Crippen molar-refractivity contribution in [3.05, 3.63) is 88.2 Å². The predicted molar refractivity (Wildman–Crippen MR) is 165 cm³/mol. The molecule has 2 aromatic heterocycles. The minimum Gasteiger partial charge on any atom is -0.368 e. The van der Waals surface area contributed by atoms with Gasteiger partial charge in [-0.1, -0.05) is 24.3 Å². The maximum atomic E-state index is 12.2. The molecule has 202 valence electrons. The molecule has 1 saturated heterocycles. The van der Waals surface area contributed by atoms with Crippen molar-refractivity contribution in [2.75, 3.05) is 49.1 Å². The molecular weight excluding hydrogens is 537 g/mol. The molecular formula is C29H35Cl2N5OS. The van der Waals surface area contributed by atoms with E-state index in [0.29, 0.717) is 6.54 Å². The lowest BCUT2D eigenvalue weighted by molar-refractivity contribution is 0.254. The van der Waals surface area contributed by atoms with Crippen LogP contribution in [0.4, 0.5) is 16.2 Å². The summed E-state index contributed by atoms with van der Waals surface area (Å²) < 4.78 is 0. The van der Waals surface area contributed by atoms with Gasteiger partial charge in [-0.15, -0.1) is 36.2 Å². The average molecular weight is 573 g/mol. The highest BCUT2D eigenvalue weighted by molar-refractivity contribution is 7.09. The van der Waals surface area contributed by atoms with Crippen molar-refractivity contribution in [3.63, 3.8) is 0 Å². The highest BCUT2D eigenvalue weighted by Gasteiger charge is 2.19. The number of urea groups is 1. The van der Waals surface area contributed by atoms with Crippen molar-refractivity contribution in [1.29, 1.82) is 0 Å². The number of rotatable bonds is 8. The molecule has 9 heteroatoms. The Balaban J connectivity index is 0.00000200. The van der Waals surface area contributed by atoms with Crippen LogP contribution in [0.25, 0.3) is 10.9 Å². The summed E-state index contributed by atoms with van der Waals surface area (Å²) in [6.45, 7) is 7.70. The highest BCUT2D eigenvalue weighted by Crippen LogP contribution is 2.27. The third-order valence-electron chi connectivity index (χ3n) is 6.93. The molecule has 0 unspecified atom stereocenters. The first-order chi connectivity index (χ1) is 17.6. The second-order valence-corrected chi connectivity index (χ2v) is 10.4. The van der Waals surface area contributed by atoms with Crippen LogP contribution in [0.15, 0.2) is 72.1 Å². The number of carbonyl (C=O) groups excluding carboxylic acids is 1. The van der Waals surface area contributed by atoms with E-state index in [0.717, 1.165) is 62.5 Å². The first-order valence-electron chi connectivity index (χ1n) is 12.6. The van der Waals surface area contributed by atoms with Crippen LogP contribution in [0.3, 0.4) is 0 Å². The van der Waals surface area contributed by atoms with Crippen molar-refractivity contribution in [2.45, 2.75) is 19.8 Å². The lowest BCUT2D eigenvalue weighted by Crippen LogP contribution is -2.47. The molecule has 6 nitrogen and oxygen atoms in total. The standard InChI is InChI=1S/C29H33N5OS.2ClH/c1-22-10-11-26-27(31-22)8-3-9-28(26)33-18-16-32(17-19-33)14-12-23-5-2-6-24(21-23)34(29(30)35)15-13-25-7-4-20-36-25;;/h2-11,20-21H,12-19H2,1H3,(H2,30,35);2*1H. The van der Waals surface area contributed by atoms with Gasteiger partial charge < -0.3 is 10.6 Å². The van der Waals surface area contributed by atoms with E-state index in [-0.39, 0.29) is 24.8 Å². The zero-order valence-electron chi connectivity index (χ0n) is 21.6. The topological polar surface area (TPSA) is 65.7 Å². The van der Waals surface area contributed by atoms with Crippen LogP contribution in [-0.4, -0.2) is 55.2 Å². The molecule has 0 bridgehead atoms. The van der Waals surface area contributed by atoms with E-state index >= 15 is 0 Å². The Morgan fingerprint density at radius 2 is 1.76 bits per heavy atom. The highest BCUT2D eigenvalue weighted by atomic mass is 35.5. The van der Waals surface area contributed by atoms with Crippen molar-refractivity contribution in [3.8, 4) is 0 Å². The van der Waals surface area contributed by atoms with Crippen LogP contribution < -0.4 is 15.5 Å². The number of hydrogen-bond donors (Lipinski definition) is 1. The molecule has 0 spiro atoms. The van der Waals surface area contributed by atoms with Gasteiger partial charge in [0.25, 0.3) is 0 Å². The smallest absolute Gasteiger partial charge is 0.319 e. The number of aryl methyl sites for hydroxylation is 1. The van der Waals surface area contributed by atoms with Crippen LogP contribution in [-0.2, 0) is 12.8 Å². The molecule has 1 aliphatic rings. The molecule has 0 radical (unpaired) electrons. The fourth-order valence-corrected chi connectivity index (χ4v) is 5.64. The number of pyridine rings is 1. The number of benzene rings is 2. The van der Waals surface area contributed by atoms with Gasteiger partial charge in [0.15, 0.2) is 0 Å². The molecule has 2 N–H and O–H groups in total. The number of carbonyl (C=O) groups is 1. The third-order valence-corrected chi connectivity index (χ3v) is 7.86. The molecule has 1 fully saturated rings. The minimum atomic E-state index is -0.404. The van der Waals surface area contributed by atoms with Crippen molar-refractivity contribution < 1.29 is 4.79 Å². The summed E-state index contributed by atoms with van der Waals surface area (Å²) in [7, 11) is 0. The lowest BCUT2D eigenvalue weighted by atomic mass is 10.1. The molecule has 5 rings (SSSR count). The Bertz CT molecular complexity index is 1330.